The standard InChI is InChI=1S/C10H15NO/c1-2-10(12-11)8-9-6-4-3-5-7-9/h3-7,10H,2,8,11H2,1H3. The molecule has 0 bridgehead atoms. The summed E-state index contributed by atoms with van der Waals surface area (Å²) in [4.78, 5) is 4.80. The van der Waals surface area contributed by atoms with Crippen molar-refractivity contribution in [1.29, 1.82) is 0 Å². The minimum atomic E-state index is 0.146. The average Bonchev–Trinajstić information content (AvgIpc) is 2.16. The number of nitrogens with two attached hydrogens (primary N) is 1. The first-order chi connectivity index (χ1) is 5.86. The second-order valence-electron chi connectivity index (χ2n) is 2.86. The molecule has 0 aromatic heterocycles. The highest BCUT2D eigenvalue weighted by Gasteiger charge is 2.04. The quantitative estimate of drug-likeness (QED) is 0.691. The summed E-state index contributed by atoms with van der Waals surface area (Å²) in [6.07, 6.45) is 1.99. The predicted octanol–water partition coefficient (Wildman–Crippen LogP) is 1.90. The van der Waals surface area contributed by atoms with E-state index in [1.54, 1.807) is 0 Å². The lowest BCUT2D eigenvalue weighted by molar-refractivity contribution is 0.0511. The molecule has 1 aromatic carbocycles. The van der Waals surface area contributed by atoms with Crippen molar-refractivity contribution < 1.29 is 4.84 Å². The molecular formula is C10H15NO. The van der Waals surface area contributed by atoms with Crippen LogP contribution in [0.5, 0.6) is 0 Å². The summed E-state index contributed by atoms with van der Waals surface area (Å²) in [5.74, 6) is 5.13. The van der Waals surface area contributed by atoms with Crippen molar-refractivity contribution >= 4 is 0 Å². The van der Waals surface area contributed by atoms with E-state index in [-0.39, 0.29) is 6.10 Å². The highest BCUT2D eigenvalue weighted by atomic mass is 16.6. The maximum absolute atomic E-state index is 5.13. The zero-order chi connectivity index (χ0) is 8.81. The molecule has 0 fully saturated rings. The Hall–Kier alpha value is -0.860. The molecular weight excluding hydrogens is 150 g/mol. The first kappa shape index (κ1) is 9.23. The van der Waals surface area contributed by atoms with E-state index in [2.05, 4.69) is 19.1 Å². The molecule has 0 heterocycles. The Morgan fingerprint density at radius 2 is 2.00 bits per heavy atom. The molecule has 1 atom stereocenters. The van der Waals surface area contributed by atoms with Crippen molar-refractivity contribution in [2.45, 2.75) is 25.9 Å². The third kappa shape index (κ3) is 2.64. The molecule has 0 saturated heterocycles. The largest absolute Gasteiger partial charge is 0.301 e. The fraction of sp³-hybridized carbons (Fsp3) is 0.400. The van der Waals surface area contributed by atoms with Crippen LogP contribution >= 0.6 is 0 Å². The third-order valence-corrected chi connectivity index (χ3v) is 1.95. The van der Waals surface area contributed by atoms with E-state index in [9.17, 15) is 0 Å². The van der Waals surface area contributed by atoms with Gasteiger partial charge in [0.2, 0.25) is 0 Å². The summed E-state index contributed by atoms with van der Waals surface area (Å²) in [6.45, 7) is 2.07. The van der Waals surface area contributed by atoms with Gasteiger partial charge in [-0.3, -0.25) is 0 Å². The zero-order valence-electron chi connectivity index (χ0n) is 7.36. The number of benzene rings is 1. The van der Waals surface area contributed by atoms with Gasteiger partial charge < -0.3 is 4.84 Å². The molecule has 0 aliphatic rings. The van der Waals surface area contributed by atoms with Crippen molar-refractivity contribution in [1.82, 2.24) is 0 Å². The number of hydrogen-bond donors (Lipinski definition) is 1. The van der Waals surface area contributed by atoms with Gasteiger partial charge in [-0.05, 0) is 12.0 Å². The average molecular weight is 165 g/mol. The van der Waals surface area contributed by atoms with Gasteiger partial charge >= 0.3 is 0 Å². The lowest BCUT2D eigenvalue weighted by Gasteiger charge is -2.11. The van der Waals surface area contributed by atoms with Gasteiger partial charge in [0.05, 0.1) is 6.10 Å². The molecule has 1 rings (SSSR count). The number of hydrogen-bond acceptors (Lipinski definition) is 2. The lowest BCUT2D eigenvalue weighted by Crippen LogP contribution is -2.18. The van der Waals surface area contributed by atoms with Crippen LogP contribution in [0.3, 0.4) is 0 Å². The van der Waals surface area contributed by atoms with Crippen LogP contribution in [-0.4, -0.2) is 6.10 Å². The molecule has 0 radical (unpaired) electrons. The Balaban J connectivity index is 2.51. The normalized spacial score (nSPS) is 12.8. The smallest absolute Gasteiger partial charge is 0.0825 e. The highest BCUT2D eigenvalue weighted by Crippen LogP contribution is 2.06. The molecule has 2 N–H and O–H groups in total. The molecule has 2 nitrogen and oxygen atoms in total. The highest BCUT2D eigenvalue weighted by molar-refractivity contribution is 5.15. The van der Waals surface area contributed by atoms with Gasteiger partial charge in [0.15, 0.2) is 0 Å². The van der Waals surface area contributed by atoms with E-state index in [0.29, 0.717) is 0 Å². The van der Waals surface area contributed by atoms with Crippen molar-refractivity contribution in [3.05, 3.63) is 35.9 Å². The van der Waals surface area contributed by atoms with Crippen LogP contribution in [0.15, 0.2) is 30.3 Å². The third-order valence-electron chi connectivity index (χ3n) is 1.95. The van der Waals surface area contributed by atoms with Gasteiger partial charge in [0, 0.05) is 6.42 Å². The van der Waals surface area contributed by atoms with Gasteiger partial charge in [-0.1, -0.05) is 37.3 Å². The summed E-state index contributed by atoms with van der Waals surface area (Å²) in [6, 6.07) is 10.2. The topological polar surface area (TPSA) is 35.2 Å². The Kier molecular flexibility index (Phi) is 3.77. The van der Waals surface area contributed by atoms with Gasteiger partial charge in [0.1, 0.15) is 0 Å². The van der Waals surface area contributed by atoms with Crippen LogP contribution in [0.1, 0.15) is 18.9 Å². The molecule has 0 spiro atoms. The maximum Gasteiger partial charge on any atom is 0.0825 e. The van der Waals surface area contributed by atoms with Crippen LogP contribution in [0.2, 0.25) is 0 Å². The lowest BCUT2D eigenvalue weighted by atomic mass is 10.1. The number of rotatable bonds is 4. The van der Waals surface area contributed by atoms with Gasteiger partial charge in [-0.15, -0.1) is 0 Å². The van der Waals surface area contributed by atoms with Gasteiger partial charge in [0.25, 0.3) is 0 Å². The molecule has 12 heavy (non-hydrogen) atoms. The monoisotopic (exact) mass is 165 g/mol. The molecule has 0 amide bonds. The van der Waals surface area contributed by atoms with E-state index in [1.165, 1.54) is 5.56 Å². The summed E-state index contributed by atoms with van der Waals surface area (Å²) in [7, 11) is 0. The van der Waals surface area contributed by atoms with Crippen molar-refractivity contribution in [3.63, 3.8) is 0 Å². The molecule has 0 aliphatic carbocycles. The van der Waals surface area contributed by atoms with Crippen LogP contribution in [0.25, 0.3) is 0 Å². The Labute approximate surface area is 73.3 Å². The SMILES string of the molecule is CCC(Cc1ccccc1)ON. The van der Waals surface area contributed by atoms with Crippen LogP contribution in [-0.2, 0) is 11.3 Å². The second-order valence-corrected chi connectivity index (χ2v) is 2.86. The summed E-state index contributed by atoms with van der Waals surface area (Å²) < 4.78 is 0. The fourth-order valence-electron chi connectivity index (χ4n) is 1.17. The van der Waals surface area contributed by atoms with E-state index in [4.69, 9.17) is 10.7 Å². The second kappa shape index (κ2) is 4.91. The predicted molar refractivity (Wildman–Crippen MR) is 49.5 cm³/mol. The van der Waals surface area contributed by atoms with Crippen molar-refractivity contribution in [3.8, 4) is 0 Å². The minimum Gasteiger partial charge on any atom is -0.301 e. The Morgan fingerprint density at radius 1 is 1.33 bits per heavy atom. The Morgan fingerprint density at radius 3 is 2.50 bits per heavy atom. The van der Waals surface area contributed by atoms with E-state index in [1.807, 2.05) is 18.2 Å². The van der Waals surface area contributed by atoms with Crippen molar-refractivity contribution in [2.75, 3.05) is 0 Å². The minimum absolute atomic E-state index is 0.146. The van der Waals surface area contributed by atoms with Gasteiger partial charge in [-0.25, -0.2) is 5.90 Å². The molecule has 66 valence electrons. The van der Waals surface area contributed by atoms with Gasteiger partial charge in [-0.2, -0.15) is 0 Å². The summed E-state index contributed by atoms with van der Waals surface area (Å²) >= 11 is 0. The molecule has 1 unspecified atom stereocenters. The first-order valence-corrected chi connectivity index (χ1v) is 4.26. The molecule has 2 heteroatoms. The van der Waals surface area contributed by atoms with Crippen LogP contribution in [0, 0.1) is 0 Å². The summed E-state index contributed by atoms with van der Waals surface area (Å²) in [5.41, 5.74) is 1.27. The fourth-order valence-corrected chi connectivity index (χ4v) is 1.17. The molecule has 1 aromatic rings. The zero-order valence-corrected chi connectivity index (χ0v) is 7.36. The van der Waals surface area contributed by atoms with E-state index in [0.717, 1.165) is 12.8 Å². The Bertz CT molecular complexity index is 206. The van der Waals surface area contributed by atoms with E-state index < -0.39 is 0 Å². The van der Waals surface area contributed by atoms with Crippen LogP contribution in [0.4, 0.5) is 0 Å². The van der Waals surface area contributed by atoms with Crippen LogP contribution < -0.4 is 5.90 Å². The molecule has 0 aliphatic heterocycles. The summed E-state index contributed by atoms with van der Waals surface area (Å²) in [5, 5.41) is 0. The van der Waals surface area contributed by atoms with Crippen molar-refractivity contribution in [2.24, 2.45) is 5.90 Å². The van der Waals surface area contributed by atoms with E-state index >= 15 is 0 Å². The maximum atomic E-state index is 5.13. The first-order valence-electron chi connectivity index (χ1n) is 4.26. The molecule has 0 saturated carbocycles.